The number of aryl methyl sites for hydroxylation is 1. The van der Waals surface area contributed by atoms with Crippen molar-refractivity contribution in [2.24, 2.45) is 0 Å². The predicted molar refractivity (Wildman–Crippen MR) is 123 cm³/mol. The standard InChI is InChI=1S/C26H20ClF2NO4/c1-14-11-18(25(34-2)19(27)12-14)23(31)21-22(17-5-3-4-6-20(17)29)30(26(33)24(21)32)13-15-7-9-16(28)10-8-15/h3-12,22,31H,13H2,1-2H3/b23-21+. The SMILES string of the molecule is COc1c(Cl)cc(C)cc1/C(O)=C1\C(=O)C(=O)N(Cc2ccc(F)cc2)C1c1ccccc1F. The molecule has 1 aliphatic heterocycles. The number of amides is 1. The number of carbonyl (C=O) groups excluding carboxylic acids is 2. The van der Waals surface area contributed by atoms with Crippen LogP contribution in [0, 0.1) is 18.6 Å². The molecule has 8 heteroatoms. The average Bonchev–Trinajstić information content (AvgIpc) is 3.04. The average molecular weight is 484 g/mol. The summed E-state index contributed by atoms with van der Waals surface area (Å²) < 4.78 is 33.6. The summed E-state index contributed by atoms with van der Waals surface area (Å²) in [5.41, 5.74) is 1.05. The molecule has 1 heterocycles. The van der Waals surface area contributed by atoms with Crippen molar-refractivity contribution in [1.29, 1.82) is 0 Å². The van der Waals surface area contributed by atoms with Gasteiger partial charge in [-0.3, -0.25) is 9.59 Å². The molecule has 1 unspecified atom stereocenters. The van der Waals surface area contributed by atoms with E-state index in [1.807, 2.05) is 0 Å². The molecule has 34 heavy (non-hydrogen) atoms. The van der Waals surface area contributed by atoms with E-state index in [1.54, 1.807) is 25.1 Å². The van der Waals surface area contributed by atoms with Gasteiger partial charge in [0.2, 0.25) is 0 Å². The van der Waals surface area contributed by atoms with Crippen LogP contribution in [0.5, 0.6) is 5.75 Å². The highest BCUT2D eigenvalue weighted by molar-refractivity contribution is 6.46. The molecule has 1 N–H and O–H groups in total. The van der Waals surface area contributed by atoms with E-state index in [1.165, 1.54) is 49.6 Å². The molecule has 5 nitrogen and oxygen atoms in total. The van der Waals surface area contributed by atoms with Gasteiger partial charge in [-0.15, -0.1) is 0 Å². The molecule has 0 saturated carbocycles. The van der Waals surface area contributed by atoms with Crippen LogP contribution in [0.3, 0.4) is 0 Å². The lowest BCUT2D eigenvalue weighted by atomic mass is 9.94. The van der Waals surface area contributed by atoms with E-state index >= 15 is 0 Å². The van der Waals surface area contributed by atoms with Crippen LogP contribution in [0.1, 0.15) is 28.3 Å². The van der Waals surface area contributed by atoms with Crippen molar-refractivity contribution in [2.45, 2.75) is 19.5 Å². The molecule has 1 amide bonds. The van der Waals surface area contributed by atoms with Gasteiger partial charge >= 0.3 is 0 Å². The summed E-state index contributed by atoms with van der Waals surface area (Å²) in [5, 5.41) is 11.5. The third-order valence-electron chi connectivity index (χ3n) is 5.65. The number of ketones is 1. The van der Waals surface area contributed by atoms with Crippen molar-refractivity contribution in [1.82, 2.24) is 4.90 Å². The number of ether oxygens (including phenoxy) is 1. The van der Waals surface area contributed by atoms with Crippen molar-refractivity contribution in [3.63, 3.8) is 0 Å². The molecule has 4 rings (SSSR count). The molecular weight excluding hydrogens is 464 g/mol. The molecule has 1 aliphatic rings. The monoisotopic (exact) mass is 483 g/mol. The number of nitrogens with zero attached hydrogens (tertiary/aromatic N) is 1. The van der Waals surface area contributed by atoms with E-state index in [-0.39, 0.29) is 34.0 Å². The molecule has 0 spiro atoms. The molecule has 0 bridgehead atoms. The number of Topliss-reactive ketones (excluding diaryl/α,β-unsaturated/α-hetero) is 1. The minimum Gasteiger partial charge on any atom is -0.507 e. The maximum absolute atomic E-state index is 14.9. The quantitative estimate of drug-likeness (QED) is 0.293. The largest absolute Gasteiger partial charge is 0.507 e. The first-order chi connectivity index (χ1) is 16.2. The van der Waals surface area contributed by atoms with Crippen LogP contribution in [-0.2, 0) is 16.1 Å². The van der Waals surface area contributed by atoms with Crippen LogP contribution in [-0.4, -0.2) is 28.8 Å². The minimum atomic E-state index is -1.23. The van der Waals surface area contributed by atoms with Gasteiger partial charge in [0.15, 0.2) is 0 Å². The summed E-state index contributed by atoms with van der Waals surface area (Å²) in [6, 6.07) is 13.0. The lowest BCUT2D eigenvalue weighted by Crippen LogP contribution is -2.29. The number of aliphatic hydroxyl groups excluding tert-OH is 1. The zero-order valence-electron chi connectivity index (χ0n) is 18.3. The van der Waals surface area contributed by atoms with Crippen molar-refractivity contribution in [2.75, 3.05) is 7.11 Å². The first-order valence-electron chi connectivity index (χ1n) is 10.3. The Hall–Kier alpha value is -3.71. The first kappa shape index (κ1) is 23.4. The van der Waals surface area contributed by atoms with Gasteiger partial charge in [0.1, 0.15) is 23.1 Å². The maximum Gasteiger partial charge on any atom is 0.295 e. The molecule has 0 aromatic heterocycles. The number of hydrogen-bond donors (Lipinski definition) is 1. The van der Waals surface area contributed by atoms with E-state index < -0.39 is 35.1 Å². The Kier molecular flexibility index (Phi) is 6.39. The van der Waals surface area contributed by atoms with Gasteiger partial charge in [0.25, 0.3) is 11.7 Å². The van der Waals surface area contributed by atoms with Crippen LogP contribution >= 0.6 is 11.6 Å². The Bertz CT molecular complexity index is 1320. The third kappa shape index (κ3) is 4.15. The lowest BCUT2D eigenvalue weighted by Gasteiger charge is -2.26. The summed E-state index contributed by atoms with van der Waals surface area (Å²) in [6.07, 6.45) is 0. The zero-order chi connectivity index (χ0) is 24.6. The van der Waals surface area contributed by atoms with Gasteiger partial charge in [-0.25, -0.2) is 8.78 Å². The zero-order valence-corrected chi connectivity index (χ0v) is 19.1. The second kappa shape index (κ2) is 9.27. The van der Waals surface area contributed by atoms with E-state index in [2.05, 4.69) is 0 Å². The van der Waals surface area contributed by atoms with Crippen LogP contribution in [0.15, 0.2) is 66.2 Å². The Morgan fingerprint density at radius 2 is 1.76 bits per heavy atom. The maximum atomic E-state index is 14.9. The van der Waals surface area contributed by atoms with Gasteiger partial charge in [0.05, 0.1) is 29.3 Å². The smallest absolute Gasteiger partial charge is 0.295 e. The first-order valence-corrected chi connectivity index (χ1v) is 10.7. The van der Waals surface area contributed by atoms with Crippen LogP contribution < -0.4 is 4.74 Å². The fourth-order valence-corrected chi connectivity index (χ4v) is 4.46. The van der Waals surface area contributed by atoms with Crippen molar-refractivity contribution in [3.05, 3.63) is 105 Å². The van der Waals surface area contributed by atoms with Crippen molar-refractivity contribution >= 4 is 29.1 Å². The third-order valence-corrected chi connectivity index (χ3v) is 5.93. The molecule has 3 aromatic carbocycles. The molecule has 0 radical (unpaired) electrons. The molecule has 3 aromatic rings. The van der Waals surface area contributed by atoms with E-state index in [0.29, 0.717) is 11.1 Å². The predicted octanol–water partition coefficient (Wildman–Crippen LogP) is 5.56. The van der Waals surface area contributed by atoms with Crippen molar-refractivity contribution < 1.29 is 28.2 Å². The topological polar surface area (TPSA) is 66.8 Å². The van der Waals surface area contributed by atoms with Gasteiger partial charge in [-0.2, -0.15) is 0 Å². The number of hydrogen-bond acceptors (Lipinski definition) is 4. The molecular formula is C26H20ClF2NO4. The number of benzene rings is 3. The van der Waals surface area contributed by atoms with E-state index in [0.717, 1.165) is 4.90 Å². The van der Waals surface area contributed by atoms with Crippen LogP contribution in [0.25, 0.3) is 5.76 Å². The second-order valence-electron chi connectivity index (χ2n) is 7.90. The Balaban J connectivity index is 1.94. The number of rotatable bonds is 5. The summed E-state index contributed by atoms with van der Waals surface area (Å²) in [6.45, 7) is 1.63. The Morgan fingerprint density at radius 1 is 1.09 bits per heavy atom. The number of carbonyl (C=O) groups is 2. The highest BCUT2D eigenvalue weighted by Crippen LogP contribution is 2.43. The second-order valence-corrected chi connectivity index (χ2v) is 8.31. The highest BCUT2D eigenvalue weighted by Gasteiger charge is 2.47. The summed E-state index contributed by atoms with van der Waals surface area (Å²) in [7, 11) is 1.36. The summed E-state index contributed by atoms with van der Waals surface area (Å²) in [4.78, 5) is 27.4. The van der Waals surface area contributed by atoms with E-state index in [9.17, 15) is 23.5 Å². The fourth-order valence-electron chi connectivity index (χ4n) is 4.11. The highest BCUT2D eigenvalue weighted by atomic mass is 35.5. The number of likely N-dealkylation sites (tertiary alicyclic amines) is 1. The van der Waals surface area contributed by atoms with Gasteiger partial charge < -0.3 is 14.7 Å². The lowest BCUT2D eigenvalue weighted by molar-refractivity contribution is -0.140. The summed E-state index contributed by atoms with van der Waals surface area (Å²) >= 11 is 6.27. The number of methoxy groups -OCH3 is 1. The Labute approximate surface area is 199 Å². The Morgan fingerprint density at radius 3 is 2.41 bits per heavy atom. The van der Waals surface area contributed by atoms with Crippen molar-refractivity contribution in [3.8, 4) is 5.75 Å². The molecule has 0 aliphatic carbocycles. The van der Waals surface area contributed by atoms with Gasteiger partial charge in [-0.05, 0) is 48.4 Å². The molecule has 174 valence electrons. The molecule has 1 fully saturated rings. The normalized spacial score (nSPS) is 17.3. The number of aliphatic hydroxyl groups is 1. The number of halogens is 3. The molecule has 1 saturated heterocycles. The fraction of sp³-hybridized carbons (Fsp3) is 0.154. The van der Waals surface area contributed by atoms with E-state index in [4.69, 9.17) is 16.3 Å². The van der Waals surface area contributed by atoms with Gasteiger partial charge in [-0.1, -0.05) is 41.9 Å². The minimum absolute atomic E-state index is 0.0306. The van der Waals surface area contributed by atoms with Crippen LogP contribution in [0.4, 0.5) is 8.78 Å². The molecule has 1 atom stereocenters. The van der Waals surface area contributed by atoms with Gasteiger partial charge in [0, 0.05) is 12.1 Å². The van der Waals surface area contributed by atoms with Crippen LogP contribution in [0.2, 0.25) is 5.02 Å². The summed E-state index contributed by atoms with van der Waals surface area (Å²) in [5.74, 6) is -3.43.